The zero-order valence-electron chi connectivity index (χ0n) is 26.2. The van der Waals surface area contributed by atoms with Crippen LogP contribution >= 0.6 is 0 Å². The van der Waals surface area contributed by atoms with E-state index < -0.39 is 5.82 Å². The van der Waals surface area contributed by atoms with Crippen LogP contribution in [-0.2, 0) is 4.79 Å². The Morgan fingerprint density at radius 1 is 1.09 bits per heavy atom. The number of hydrogen-bond donors (Lipinski definition) is 1. The van der Waals surface area contributed by atoms with Gasteiger partial charge in [0.25, 0.3) is 0 Å². The second-order valence-corrected chi connectivity index (χ2v) is 10.9. The Morgan fingerprint density at radius 2 is 1.93 bits per heavy atom. The molecule has 1 atom stereocenters. The molecule has 238 valence electrons. The standard InChI is InChI=1S/C31H30FN9O3.C2H6/c1-38(2)10-3-4-28(42)39-12-13-40-20(16-39)17-43-30-26(40)8-7-25-29(30)31(35-18-33-25)37-24-6-5-21(14-23(24)32)44-22-9-11-41-27(15-22)34-19-36-41;1-2/h3-9,11,14-15,18-20H,10,12-13,16-17H2,1-2H3,(H,33,35,37);1-2H3/b4-3+;. The Labute approximate surface area is 266 Å². The SMILES string of the molecule is CC.CN(C)C/C=C/C(=O)N1CCN2c3ccc4ncnc(Nc5ccc(Oc6ccn7ncnc7c6)cc5F)c4c3OCC2C1. The maximum Gasteiger partial charge on any atom is 0.246 e. The molecule has 0 spiro atoms. The molecule has 46 heavy (non-hydrogen) atoms. The molecule has 2 aliphatic heterocycles. The molecule has 2 aliphatic rings. The van der Waals surface area contributed by atoms with Crippen LogP contribution in [0.5, 0.6) is 17.2 Å². The average Bonchev–Trinajstić information content (AvgIpc) is 3.54. The highest BCUT2D eigenvalue weighted by molar-refractivity contribution is 6.00. The Hall–Kier alpha value is -5.30. The van der Waals surface area contributed by atoms with Gasteiger partial charge in [0.2, 0.25) is 5.91 Å². The number of pyridine rings is 1. The van der Waals surface area contributed by atoms with E-state index >= 15 is 4.39 Å². The second-order valence-electron chi connectivity index (χ2n) is 10.9. The lowest BCUT2D eigenvalue weighted by Crippen LogP contribution is -2.58. The van der Waals surface area contributed by atoms with Gasteiger partial charge in [0.15, 0.2) is 11.4 Å². The van der Waals surface area contributed by atoms with Crippen molar-refractivity contribution in [3.05, 3.63) is 79.3 Å². The van der Waals surface area contributed by atoms with Crippen molar-refractivity contribution in [1.29, 1.82) is 0 Å². The number of likely N-dealkylation sites (N-methyl/N-ethyl adjacent to an activating group) is 1. The van der Waals surface area contributed by atoms with Gasteiger partial charge in [0, 0.05) is 50.6 Å². The van der Waals surface area contributed by atoms with Gasteiger partial charge in [-0.05, 0) is 44.4 Å². The summed E-state index contributed by atoms with van der Waals surface area (Å²) in [5, 5.41) is 7.86. The monoisotopic (exact) mass is 625 g/mol. The summed E-state index contributed by atoms with van der Waals surface area (Å²) in [5.41, 5.74) is 2.42. The number of piperazine rings is 1. The first-order valence-corrected chi connectivity index (χ1v) is 15.2. The molecule has 3 aromatic heterocycles. The first kappa shape index (κ1) is 30.7. The topological polar surface area (TPSA) is 113 Å². The number of anilines is 3. The molecule has 5 aromatic rings. The smallest absolute Gasteiger partial charge is 0.246 e. The average molecular weight is 626 g/mol. The predicted octanol–water partition coefficient (Wildman–Crippen LogP) is 4.90. The molecule has 0 bridgehead atoms. The maximum atomic E-state index is 15.3. The fraction of sp³-hybridized carbons (Fsp3) is 0.303. The summed E-state index contributed by atoms with van der Waals surface area (Å²) in [6, 6.07) is 11.9. The Bertz CT molecular complexity index is 1890. The van der Waals surface area contributed by atoms with Crippen LogP contribution in [0.4, 0.5) is 21.6 Å². The number of carbonyl (C=O) groups is 1. The van der Waals surface area contributed by atoms with Crippen LogP contribution in [0.15, 0.2) is 73.5 Å². The van der Waals surface area contributed by atoms with E-state index in [1.807, 2.05) is 56.0 Å². The van der Waals surface area contributed by atoms with Crippen molar-refractivity contribution in [2.24, 2.45) is 0 Å². The zero-order chi connectivity index (χ0) is 32.2. The molecule has 1 unspecified atom stereocenters. The molecule has 1 saturated heterocycles. The second kappa shape index (κ2) is 13.4. The molecule has 1 N–H and O–H groups in total. The van der Waals surface area contributed by atoms with Crippen LogP contribution in [0.25, 0.3) is 16.6 Å². The summed E-state index contributed by atoms with van der Waals surface area (Å²) in [4.78, 5) is 31.9. The van der Waals surface area contributed by atoms with Crippen LogP contribution in [0.2, 0.25) is 0 Å². The Kier molecular flexibility index (Phi) is 8.92. The van der Waals surface area contributed by atoms with E-state index in [-0.39, 0.29) is 17.6 Å². The highest BCUT2D eigenvalue weighted by Crippen LogP contribution is 2.43. The molecule has 12 nitrogen and oxygen atoms in total. The molecule has 2 aromatic carbocycles. The number of benzene rings is 2. The molecule has 5 heterocycles. The molecule has 1 amide bonds. The number of rotatable bonds is 7. The Morgan fingerprint density at radius 3 is 2.76 bits per heavy atom. The molecule has 0 saturated carbocycles. The number of amides is 1. The van der Waals surface area contributed by atoms with Crippen LogP contribution in [0.3, 0.4) is 0 Å². The highest BCUT2D eigenvalue weighted by atomic mass is 19.1. The minimum absolute atomic E-state index is 0.00512. The van der Waals surface area contributed by atoms with Crippen molar-refractivity contribution in [3.8, 4) is 17.2 Å². The molecule has 0 radical (unpaired) electrons. The van der Waals surface area contributed by atoms with Crippen LogP contribution in [-0.4, -0.2) is 93.2 Å². The summed E-state index contributed by atoms with van der Waals surface area (Å²) >= 11 is 0. The zero-order valence-corrected chi connectivity index (χ0v) is 26.2. The summed E-state index contributed by atoms with van der Waals surface area (Å²) in [5.74, 6) is 1.41. The number of aromatic nitrogens is 5. The van der Waals surface area contributed by atoms with E-state index in [1.165, 1.54) is 18.7 Å². The van der Waals surface area contributed by atoms with Gasteiger partial charge in [0.05, 0.1) is 28.3 Å². The third kappa shape index (κ3) is 6.26. The van der Waals surface area contributed by atoms with Crippen molar-refractivity contribution in [3.63, 3.8) is 0 Å². The lowest BCUT2D eigenvalue weighted by atomic mass is 10.1. The van der Waals surface area contributed by atoms with Crippen molar-refractivity contribution in [1.82, 2.24) is 34.4 Å². The van der Waals surface area contributed by atoms with E-state index in [0.29, 0.717) is 72.4 Å². The maximum absolute atomic E-state index is 15.3. The van der Waals surface area contributed by atoms with Crippen molar-refractivity contribution < 1.29 is 18.7 Å². The Balaban J connectivity index is 0.00000182. The van der Waals surface area contributed by atoms with Crippen LogP contribution in [0, 0.1) is 5.82 Å². The fourth-order valence-electron chi connectivity index (χ4n) is 5.53. The molecule has 13 heteroatoms. The van der Waals surface area contributed by atoms with Gasteiger partial charge < -0.3 is 29.5 Å². The van der Waals surface area contributed by atoms with Gasteiger partial charge in [-0.2, -0.15) is 5.10 Å². The number of carbonyl (C=O) groups excluding carboxylic acids is 1. The number of nitrogens with one attached hydrogen (secondary N) is 1. The third-order valence-electron chi connectivity index (χ3n) is 7.67. The summed E-state index contributed by atoms with van der Waals surface area (Å²) in [7, 11) is 3.93. The summed E-state index contributed by atoms with van der Waals surface area (Å²) in [6.07, 6.45) is 8.13. The van der Waals surface area contributed by atoms with E-state index in [0.717, 1.165) is 5.69 Å². The van der Waals surface area contributed by atoms with Gasteiger partial charge in [-0.1, -0.05) is 19.9 Å². The van der Waals surface area contributed by atoms with Crippen LogP contribution < -0.4 is 19.7 Å². The van der Waals surface area contributed by atoms with Gasteiger partial charge in [-0.25, -0.2) is 23.9 Å². The van der Waals surface area contributed by atoms with Crippen molar-refractivity contribution in [2.75, 3.05) is 57.1 Å². The largest absolute Gasteiger partial charge is 0.488 e. The molecule has 7 rings (SSSR count). The molecular weight excluding hydrogens is 589 g/mol. The van der Waals surface area contributed by atoms with Gasteiger partial charge >= 0.3 is 0 Å². The van der Waals surface area contributed by atoms with Gasteiger partial charge in [0.1, 0.15) is 42.4 Å². The van der Waals surface area contributed by atoms with E-state index in [1.54, 1.807) is 41.1 Å². The fourth-order valence-corrected chi connectivity index (χ4v) is 5.53. The van der Waals surface area contributed by atoms with Gasteiger partial charge in [-0.15, -0.1) is 0 Å². The normalized spacial score (nSPS) is 15.7. The minimum atomic E-state index is -0.510. The molecule has 1 fully saturated rings. The minimum Gasteiger partial charge on any atom is -0.488 e. The molecular formula is C33H36FN9O3. The van der Waals surface area contributed by atoms with Crippen molar-refractivity contribution in [2.45, 2.75) is 19.9 Å². The molecule has 0 aliphatic carbocycles. The van der Waals surface area contributed by atoms with Gasteiger partial charge in [-0.3, -0.25) is 4.79 Å². The number of halogens is 1. The van der Waals surface area contributed by atoms with E-state index in [9.17, 15) is 4.79 Å². The summed E-state index contributed by atoms with van der Waals surface area (Å²) < 4.78 is 29.1. The number of hydrogen-bond acceptors (Lipinski definition) is 10. The van der Waals surface area contributed by atoms with E-state index in [4.69, 9.17) is 9.47 Å². The van der Waals surface area contributed by atoms with E-state index in [2.05, 4.69) is 30.3 Å². The van der Waals surface area contributed by atoms with Crippen molar-refractivity contribution >= 4 is 39.6 Å². The van der Waals surface area contributed by atoms with Crippen LogP contribution in [0.1, 0.15) is 13.8 Å². The third-order valence-corrected chi connectivity index (χ3v) is 7.67. The predicted molar refractivity (Wildman–Crippen MR) is 175 cm³/mol. The lowest BCUT2D eigenvalue weighted by Gasteiger charge is -2.45. The summed E-state index contributed by atoms with van der Waals surface area (Å²) in [6.45, 7) is 6.93. The number of ether oxygens (including phenoxy) is 2. The first-order chi connectivity index (χ1) is 22.4. The first-order valence-electron chi connectivity index (χ1n) is 15.2. The quantitative estimate of drug-likeness (QED) is 0.251. The number of nitrogens with zero attached hydrogens (tertiary/aromatic N) is 8. The highest BCUT2D eigenvalue weighted by Gasteiger charge is 2.35. The lowest BCUT2D eigenvalue weighted by molar-refractivity contribution is -0.127. The number of fused-ring (bicyclic) bond motifs is 6.